The number of methoxy groups -OCH3 is 1. The second-order valence-corrected chi connectivity index (χ2v) is 3.60. The van der Waals surface area contributed by atoms with Gasteiger partial charge in [-0.3, -0.25) is 0 Å². The summed E-state index contributed by atoms with van der Waals surface area (Å²) in [6.07, 6.45) is 2.49. The highest BCUT2D eigenvalue weighted by Crippen LogP contribution is 2.10. The van der Waals surface area contributed by atoms with Crippen LogP contribution in [0.3, 0.4) is 0 Å². The highest BCUT2D eigenvalue weighted by molar-refractivity contribution is 5.36. The Bertz CT molecular complexity index is 482. The average molecular weight is 233 g/mol. The molecule has 1 N–H and O–H groups in total. The molecule has 0 aliphatic carbocycles. The topological polar surface area (TPSA) is 64.9 Å². The third-order valence-corrected chi connectivity index (χ3v) is 2.39. The molecule has 0 atom stereocenters. The van der Waals surface area contributed by atoms with E-state index in [1.54, 1.807) is 13.4 Å². The number of nitrogens with zero attached hydrogens (tertiary/aromatic N) is 4. The fourth-order valence-electron chi connectivity index (χ4n) is 1.46. The van der Waals surface area contributed by atoms with E-state index in [0.29, 0.717) is 5.88 Å². The Hall–Kier alpha value is -2.11. The molecule has 2 heterocycles. The maximum Gasteiger partial charge on any atom is 0.214 e. The Balaban J connectivity index is 1.87. The predicted octanol–water partition coefficient (Wildman–Crippen LogP) is 0.873. The molecule has 0 aromatic carbocycles. The number of aromatic nitrogens is 4. The van der Waals surface area contributed by atoms with Crippen molar-refractivity contribution >= 4 is 5.82 Å². The van der Waals surface area contributed by atoms with Crippen LogP contribution in [0.1, 0.15) is 5.82 Å². The van der Waals surface area contributed by atoms with E-state index in [1.165, 1.54) is 0 Å². The van der Waals surface area contributed by atoms with Gasteiger partial charge in [0.05, 0.1) is 7.11 Å². The molecule has 0 radical (unpaired) electrons. The van der Waals surface area contributed by atoms with Gasteiger partial charge in [0.2, 0.25) is 5.88 Å². The lowest BCUT2D eigenvalue weighted by Crippen LogP contribution is -2.09. The number of hydrogen-bond acceptors (Lipinski definition) is 5. The lowest BCUT2D eigenvalue weighted by molar-refractivity contribution is 0.398. The summed E-state index contributed by atoms with van der Waals surface area (Å²) in [7, 11) is 3.53. The van der Waals surface area contributed by atoms with Crippen molar-refractivity contribution in [3.8, 4) is 5.88 Å². The van der Waals surface area contributed by atoms with E-state index in [0.717, 1.165) is 24.6 Å². The highest BCUT2D eigenvalue weighted by Gasteiger charge is 2.01. The molecule has 0 aliphatic heterocycles. The van der Waals surface area contributed by atoms with Gasteiger partial charge in [-0.25, -0.2) is 0 Å². The number of anilines is 1. The lowest BCUT2D eigenvalue weighted by atomic mass is 10.4. The third kappa shape index (κ3) is 2.93. The van der Waals surface area contributed by atoms with Gasteiger partial charge in [-0.15, -0.1) is 10.2 Å². The van der Waals surface area contributed by atoms with Gasteiger partial charge >= 0.3 is 0 Å². The summed E-state index contributed by atoms with van der Waals surface area (Å²) in [4.78, 5) is 4.26. The molecule has 0 spiro atoms. The van der Waals surface area contributed by atoms with Crippen molar-refractivity contribution in [2.75, 3.05) is 19.0 Å². The van der Waals surface area contributed by atoms with Crippen molar-refractivity contribution in [3.05, 3.63) is 30.4 Å². The summed E-state index contributed by atoms with van der Waals surface area (Å²) in [5.74, 6) is 2.35. The zero-order valence-corrected chi connectivity index (χ0v) is 9.92. The smallest absolute Gasteiger partial charge is 0.214 e. The summed E-state index contributed by atoms with van der Waals surface area (Å²) in [5, 5.41) is 11.0. The van der Waals surface area contributed by atoms with Crippen LogP contribution >= 0.6 is 0 Å². The molecule has 2 aromatic rings. The molecule has 0 saturated heterocycles. The van der Waals surface area contributed by atoms with Crippen LogP contribution in [-0.4, -0.2) is 33.4 Å². The van der Waals surface area contributed by atoms with Gasteiger partial charge in [-0.05, 0) is 6.07 Å². The SMILES string of the molecule is COc1cccc(NCCc2nncn2C)n1. The Morgan fingerprint density at radius 1 is 1.41 bits per heavy atom. The summed E-state index contributed by atoms with van der Waals surface area (Å²) >= 11 is 0. The number of nitrogens with one attached hydrogen (secondary N) is 1. The molecule has 0 amide bonds. The second kappa shape index (κ2) is 5.29. The van der Waals surface area contributed by atoms with E-state index >= 15 is 0 Å². The maximum atomic E-state index is 5.05. The van der Waals surface area contributed by atoms with Crippen molar-refractivity contribution in [2.45, 2.75) is 6.42 Å². The summed E-state index contributed by atoms with van der Waals surface area (Å²) in [5.41, 5.74) is 0. The molecule has 2 aromatic heterocycles. The zero-order valence-electron chi connectivity index (χ0n) is 9.92. The standard InChI is InChI=1S/C11H15N5O/c1-16-8-13-15-10(16)6-7-12-9-4-3-5-11(14-9)17-2/h3-5,8H,6-7H2,1-2H3,(H,12,14). The fraction of sp³-hybridized carbons (Fsp3) is 0.364. The van der Waals surface area contributed by atoms with E-state index in [2.05, 4.69) is 20.5 Å². The minimum atomic E-state index is 0.605. The van der Waals surface area contributed by atoms with Crippen molar-refractivity contribution in [1.82, 2.24) is 19.7 Å². The lowest BCUT2D eigenvalue weighted by Gasteiger charge is -2.06. The highest BCUT2D eigenvalue weighted by atomic mass is 16.5. The number of hydrogen-bond donors (Lipinski definition) is 1. The normalized spacial score (nSPS) is 10.2. The van der Waals surface area contributed by atoms with E-state index in [1.807, 2.05) is 29.8 Å². The maximum absolute atomic E-state index is 5.05. The molecule has 2 rings (SSSR count). The van der Waals surface area contributed by atoms with E-state index in [9.17, 15) is 0 Å². The summed E-state index contributed by atoms with van der Waals surface area (Å²) in [6.45, 7) is 0.757. The minimum absolute atomic E-state index is 0.605. The quantitative estimate of drug-likeness (QED) is 0.830. The largest absolute Gasteiger partial charge is 0.481 e. The molecular weight excluding hydrogens is 218 g/mol. The first-order valence-electron chi connectivity index (χ1n) is 5.37. The van der Waals surface area contributed by atoms with Gasteiger partial charge in [0.15, 0.2) is 0 Å². The third-order valence-electron chi connectivity index (χ3n) is 2.39. The van der Waals surface area contributed by atoms with Crippen LogP contribution in [0, 0.1) is 0 Å². The molecule has 0 bridgehead atoms. The molecule has 0 saturated carbocycles. The first-order chi connectivity index (χ1) is 8.29. The minimum Gasteiger partial charge on any atom is -0.481 e. The molecule has 0 unspecified atom stereocenters. The second-order valence-electron chi connectivity index (χ2n) is 3.60. The Morgan fingerprint density at radius 2 is 2.29 bits per heavy atom. The first-order valence-corrected chi connectivity index (χ1v) is 5.37. The van der Waals surface area contributed by atoms with Crippen LogP contribution < -0.4 is 10.1 Å². The fourth-order valence-corrected chi connectivity index (χ4v) is 1.46. The summed E-state index contributed by atoms with van der Waals surface area (Å²) < 4.78 is 6.95. The molecule has 90 valence electrons. The van der Waals surface area contributed by atoms with Crippen molar-refractivity contribution < 1.29 is 4.74 Å². The number of aryl methyl sites for hydroxylation is 1. The zero-order chi connectivity index (χ0) is 12.1. The van der Waals surface area contributed by atoms with Crippen LogP contribution in [0.5, 0.6) is 5.88 Å². The van der Waals surface area contributed by atoms with Gasteiger partial charge < -0.3 is 14.6 Å². The molecule has 6 heteroatoms. The first kappa shape index (κ1) is 11.4. The molecule has 17 heavy (non-hydrogen) atoms. The van der Waals surface area contributed by atoms with Crippen LogP contribution in [0.25, 0.3) is 0 Å². The number of pyridine rings is 1. The Labute approximate surface area is 99.7 Å². The van der Waals surface area contributed by atoms with E-state index < -0.39 is 0 Å². The monoisotopic (exact) mass is 233 g/mol. The van der Waals surface area contributed by atoms with Crippen LogP contribution in [0.15, 0.2) is 24.5 Å². The van der Waals surface area contributed by atoms with Gasteiger partial charge in [0.1, 0.15) is 18.0 Å². The Morgan fingerprint density at radius 3 is 3.00 bits per heavy atom. The summed E-state index contributed by atoms with van der Waals surface area (Å²) in [6, 6.07) is 5.61. The molecule has 6 nitrogen and oxygen atoms in total. The van der Waals surface area contributed by atoms with Crippen molar-refractivity contribution in [1.29, 1.82) is 0 Å². The van der Waals surface area contributed by atoms with Crippen molar-refractivity contribution in [2.24, 2.45) is 7.05 Å². The van der Waals surface area contributed by atoms with Crippen LogP contribution in [0.2, 0.25) is 0 Å². The molecule has 0 aliphatic rings. The van der Waals surface area contributed by atoms with E-state index in [4.69, 9.17) is 4.74 Å². The van der Waals surface area contributed by atoms with Gasteiger partial charge in [-0.2, -0.15) is 4.98 Å². The van der Waals surface area contributed by atoms with Crippen LogP contribution in [0.4, 0.5) is 5.82 Å². The van der Waals surface area contributed by atoms with Crippen LogP contribution in [-0.2, 0) is 13.5 Å². The number of rotatable bonds is 5. The predicted molar refractivity (Wildman–Crippen MR) is 64.0 cm³/mol. The average Bonchev–Trinajstić information content (AvgIpc) is 2.76. The van der Waals surface area contributed by atoms with Gasteiger partial charge in [0.25, 0.3) is 0 Å². The molecule has 0 fully saturated rings. The molecular formula is C11H15N5O. The van der Waals surface area contributed by atoms with Gasteiger partial charge in [0, 0.05) is 26.1 Å². The van der Waals surface area contributed by atoms with Crippen molar-refractivity contribution in [3.63, 3.8) is 0 Å². The Kier molecular flexibility index (Phi) is 3.54. The number of ether oxygens (including phenoxy) is 1. The van der Waals surface area contributed by atoms with Gasteiger partial charge in [-0.1, -0.05) is 6.07 Å². The van der Waals surface area contributed by atoms with E-state index in [-0.39, 0.29) is 0 Å².